The number of rotatable bonds is 7. The average molecular weight is 520 g/mol. The molecule has 1 aromatic heterocycles. The molecule has 0 unspecified atom stereocenters. The Morgan fingerprint density at radius 1 is 1.24 bits per heavy atom. The third-order valence-electron chi connectivity index (χ3n) is 6.76. The monoisotopic (exact) mass is 519 g/mol. The van der Waals surface area contributed by atoms with Gasteiger partial charge in [-0.25, -0.2) is 13.8 Å². The van der Waals surface area contributed by atoms with Crippen molar-refractivity contribution in [2.75, 3.05) is 26.0 Å². The van der Waals surface area contributed by atoms with E-state index < -0.39 is 18.1 Å². The number of nitrogens with zero attached hydrogens (tertiary/aromatic N) is 2. The topological polar surface area (TPSA) is 112 Å². The van der Waals surface area contributed by atoms with Gasteiger partial charge in [0.25, 0.3) is 12.4 Å². The zero-order valence-electron chi connectivity index (χ0n) is 22.9. The van der Waals surface area contributed by atoms with Gasteiger partial charge >= 0.3 is 0 Å². The predicted molar refractivity (Wildman–Crippen MR) is 143 cm³/mol. The maximum Gasteiger partial charge on any atom is 0.288 e. The van der Waals surface area contributed by atoms with E-state index in [9.17, 15) is 13.9 Å². The number of aliphatic hydroxyl groups is 1. The number of ether oxygens (including phenoxy) is 2. The maximum atomic E-state index is 12.9. The lowest BCUT2D eigenvalue weighted by atomic mass is 9.76. The first-order valence-corrected chi connectivity index (χ1v) is 12.3. The summed E-state index contributed by atoms with van der Waals surface area (Å²) in [5.74, 6) is 0.134. The average Bonchev–Trinajstić information content (AvgIpc) is 2.79. The molecule has 0 spiro atoms. The van der Waals surface area contributed by atoms with E-state index in [1.807, 2.05) is 26.8 Å². The van der Waals surface area contributed by atoms with Crippen molar-refractivity contribution in [2.24, 2.45) is 4.99 Å². The minimum Gasteiger partial charge on any atom is -0.405 e. The number of anilines is 1. The number of halogens is 2. The van der Waals surface area contributed by atoms with Crippen LogP contribution in [0.4, 0.5) is 14.5 Å². The molecule has 37 heavy (non-hydrogen) atoms. The van der Waals surface area contributed by atoms with E-state index in [0.29, 0.717) is 12.2 Å². The number of fused-ring (bicyclic) bond motifs is 1. The smallest absolute Gasteiger partial charge is 0.288 e. The molecule has 8 nitrogen and oxygen atoms in total. The number of nitrogens with one attached hydrogen (secondary N) is 3. The fourth-order valence-electron chi connectivity index (χ4n) is 4.26. The molecule has 4 N–H and O–H groups in total. The SMILES string of the molecule is C/N=C(\OC(=N)N[C@H]1C[C@](O)(C(F)F)C1)c1cc(C)c2cc(NCC(C)(C)OC)cc(C(C)(C)C)c2n1. The third-order valence-corrected chi connectivity index (χ3v) is 6.76. The van der Waals surface area contributed by atoms with Crippen LogP contribution >= 0.6 is 0 Å². The molecule has 0 radical (unpaired) electrons. The van der Waals surface area contributed by atoms with Crippen LogP contribution in [0.1, 0.15) is 64.3 Å². The summed E-state index contributed by atoms with van der Waals surface area (Å²) in [6.07, 6.45) is -3.14. The second-order valence-corrected chi connectivity index (χ2v) is 11.4. The number of aromatic nitrogens is 1. The molecule has 0 bridgehead atoms. The summed E-state index contributed by atoms with van der Waals surface area (Å²) in [7, 11) is 3.23. The lowest BCUT2D eigenvalue weighted by Gasteiger charge is -2.43. The number of amidine groups is 1. The van der Waals surface area contributed by atoms with Crippen molar-refractivity contribution in [3.05, 3.63) is 35.0 Å². The zero-order chi connectivity index (χ0) is 27.8. The third kappa shape index (κ3) is 6.54. The molecule has 10 heteroatoms. The largest absolute Gasteiger partial charge is 0.405 e. The van der Waals surface area contributed by atoms with Gasteiger partial charge in [-0.05, 0) is 55.5 Å². The van der Waals surface area contributed by atoms with Gasteiger partial charge < -0.3 is 25.2 Å². The molecule has 2 aromatic rings. The summed E-state index contributed by atoms with van der Waals surface area (Å²) in [4.78, 5) is 9.07. The van der Waals surface area contributed by atoms with Gasteiger partial charge in [0.1, 0.15) is 11.3 Å². The van der Waals surface area contributed by atoms with Crippen molar-refractivity contribution in [3.8, 4) is 0 Å². The highest BCUT2D eigenvalue weighted by molar-refractivity contribution is 6.02. The second-order valence-electron chi connectivity index (χ2n) is 11.4. The molecule has 1 fully saturated rings. The van der Waals surface area contributed by atoms with Gasteiger partial charge in [0.2, 0.25) is 5.90 Å². The molecule has 0 aliphatic heterocycles. The number of hydrogen-bond donors (Lipinski definition) is 4. The minimum atomic E-state index is -2.82. The van der Waals surface area contributed by atoms with E-state index in [2.05, 4.69) is 48.5 Å². The van der Waals surface area contributed by atoms with Crippen LogP contribution in [0.3, 0.4) is 0 Å². The molecule has 0 atom stereocenters. The molecule has 3 rings (SSSR count). The summed E-state index contributed by atoms with van der Waals surface area (Å²) in [6, 6.07) is 5.20. The van der Waals surface area contributed by atoms with Gasteiger partial charge in [0.15, 0.2) is 0 Å². The number of methoxy groups -OCH3 is 1. The number of pyridine rings is 1. The highest BCUT2D eigenvalue weighted by Crippen LogP contribution is 2.37. The number of alkyl halides is 2. The standard InChI is InChI=1S/C27H39F2N5O3/c1-15-9-20(22(31-7)37-24(30)33-17-12-27(35,13-17)23(28)29)34-21-18(15)10-16(11-19(21)25(2,3)4)32-14-26(5,6)36-8/h9-11,17,23,32,35H,12-14H2,1-8H3,(H2,30,33)/b31-22-/t17-,27+. The number of aliphatic imine (C=N–C) groups is 1. The first-order chi connectivity index (χ1) is 17.1. The Kier molecular flexibility index (Phi) is 8.14. The van der Waals surface area contributed by atoms with Crippen molar-refractivity contribution < 1.29 is 23.4 Å². The van der Waals surface area contributed by atoms with Gasteiger partial charge in [-0.3, -0.25) is 10.4 Å². The van der Waals surface area contributed by atoms with Crippen LogP contribution in [0, 0.1) is 12.3 Å². The second kappa shape index (κ2) is 10.5. The van der Waals surface area contributed by atoms with Crippen LogP contribution in [-0.2, 0) is 14.9 Å². The molecular formula is C27H39F2N5O3. The molecule has 1 saturated carbocycles. The van der Waals surface area contributed by atoms with Crippen LogP contribution < -0.4 is 10.6 Å². The molecule has 1 heterocycles. The Bertz CT molecular complexity index is 1180. The van der Waals surface area contributed by atoms with Crippen molar-refractivity contribution in [2.45, 2.75) is 83.5 Å². The van der Waals surface area contributed by atoms with Crippen molar-refractivity contribution in [1.29, 1.82) is 5.41 Å². The lowest BCUT2D eigenvalue weighted by molar-refractivity contribution is -0.154. The number of aryl methyl sites for hydroxylation is 1. The molecular weight excluding hydrogens is 480 g/mol. The van der Waals surface area contributed by atoms with Crippen LogP contribution in [0.15, 0.2) is 23.2 Å². The maximum absolute atomic E-state index is 12.9. The number of benzene rings is 1. The van der Waals surface area contributed by atoms with E-state index in [0.717, 1.165) is 27.7 Å². The summed E-state index contributed by atoms with van der Waals surface area (Å²) in [5.41, 5.74) is 1.70. The van der Waals surface area contributed by atoms with E-state index in [4.69, 9.17) is 19.9 Å². The fraction of sp³-hybridized carbons (Fsp3) is 0.593. The van der Waals surface area contributed by atoms with E-state index in [1.165, 1.54) is 7.05 Å². The van der Waals surface area contributed by atoms with E-state index in [1.54, 1.807) is 7.11 Å². The zero-order valence-corrected chi connectivity index (χ0v) is 22.9. The molecule has 204 valence electrons. The summed E-state index contributed by atoms with van der Waals surface area (Å²) < 4.78 is 36.9. The van der Waals surface area contributed by atoms with Crippen molar-refractivity contribution >= 4 is 28.5 Å². The first kappa shape index (κ1) is 28.7. The van der Waals surface area contributed by atoms with Crippen molar-refractivity contribution in [3.63, 3.8) is 0 Å². The Morgan fingerprint density at radius 3 is 2.43 bits per heavy atom. The van der Waals surface area contributed by atoms with E-state index in [-0.39, 0.29) is 35.8 Å². The van der Waals surface area contributed by atoms with Gasteiger partial charge in [0, 0.05) is 50.7 Å². The van der Waals surface area contributed by atoms with Crippen LogP contribution in [-0.4, -0.2) is 66.4 Å². The van der Waals surface area contributed by atoms with Gasteiger partial charge in [-0.15, -0.1) is 0 Å². The molecule has 0 saturated heterocycles. The van der Waals surface area contributed by atoms with Crippen molar-refractivity contribution in [1.82, 2.24) is 10.3 Å². The summed E-state index contributed by atoms with van der Waals surface area (Å²) in [6.45, 7) is 13.0. The Hall–Kier alpha value is -2.85. The predicted octanol–water partition coefficient (Wildman–Crippen LogP) is 4.75. The molecule has 1 aliphatic rings. The summed E-state index contributed by atoms with van der Waals surface area (Å²) >= 11 is 0. The molecule has 0 amide bonds. The Labute approximate surface area is 217 Å². The Morgan fingerprint density at radius 2 is 1.89 bits per heavy atom. The van der Waals surface area contributed by atoms with Crippen LogP contribution in [0.25, 0.3) is 10.9 Å². The van der Waals surface area contributed by atoms with Crippen LogP contribution in [0.5, 0.6) is 0 Å². The van der Waals surface area contributed by atoms with Gasteiger partial charge in [-0.2, -0.15) is 0 Å². The van der Waals surface area contributed by atoms with Crippen LogP contribution in [0.2, 0.25) is 0 Å². The quantitative estimate of drug-likeness (QED) is 0.310. The minimum absolute atomic E-state index is 0.134. The first-order valence-electron chi connectivity index (χ1n) is 12.3. The normalized spacial score (nSPS) is 20.6. The van der Waals surface area contributed by atoms with E-state index >= 15 is 0 Å². The Balaban J connectivity index is 1.88. The fourth-order valence-corrected chi connectivity index (χ4v) is 4.26. The summed E-state index contributed by atoms with van der Waals surface area (Å²) in [5, 5.41) is 25.1. The van der Waals surface area contributed by atoms with Gasteiger partial charge in [-0.1, -0.05) is 20.8 Å². The van der Waals surface area contributed by atoms with Gasteiger partial charge in [0.05, 0.1) is 11.1 Å². The highest BCUT2D eigenvalue weighted by atomic mass is 19.3. The molecule has 1 aliphatic carbocycles. The molecule has 1 aromatic carbocycles. The lowest BCUT2D eigenvalue weighted by Crippen LogP contribution is -2.59. The highest BCUT2D eigenvalue weighted by Gasteiger charge is 2.50. The number of hydrogen-bond acceptors (Lipinski definition) is 7.